The van der Waals surface area contributed by atoms with Gasteiger partial charge in [-0.3, -0.25) is 0 Å². The maximum absolute atomic E-state index is 5.54. The third kappa shape index (κ3) is 5.08. The van der Waals surface area contributed by atoms with Crippen molar-refractivity contribution in [3.05, 3.63) is 46.8 Å². The number of aromatic nitrogens is 2. The van der Waals surface area contributed by atoms with Crippen LogP contribution in [-0.2, 0) is 6.54 Å². The zero-order chi connectivity index (χ0) is 20.2. The van der Waals surface area contributed by atoms with Crippen LogP contribution in [0.25, 0.3) is 10.9 Å². The number of nitrogens with one attached hydrogen (secondary N) is 2. The number of benzene rings is 1. The quantitative estimate of drug-likeness (QED) is 0.530. The van der Waals surface area contributed by atoms with Crippen LogP contribution in [0.2, 0.25) is 0 Å². The van der Waals surface area contributed by atoms with E-state index in [9.17, 15) is 0 Å². The minimum Gasteiger partial charge on any atom is -0.453 e. The van der Waals surface area contributed by atoms with E-state index in [1.165, 1.54) is 12.8 Å². The van der Waals surface area contributed by atoms with Crippen LogP contribution in [0.3, 0.4) is 0 Å². The molecule has 6 nitrogen and oxygen atoms in total. The molecule has 0 spiro atoms. The van der Waals surface area contributed by atoms with E-state index >= 15 is 0 Å². The molecule has 2 aromatic heterocycles. The van der Waals surface area contributed by atoms with Crippen LogP contribution in [0.4, 0.5) is 11.8 Å². The minimum atomic E-state index is 0.434. The molecule has 0 amide bonds. The minimum absolute atomic E-state index is 0.434. The SMILES string of the molecule is CN(C)c1nc(N[C@H]2CC[C@@H](CNCc3ccc(Br)o3)CC2)nc2ccccc12. The summed E-state index contributed by atoms with van der Waals surface area (Å²) in [4.78, 5) is 11.6. The molecule has 1 aliphatic carbocycles. The van der Waals surface area contributed by atoms with Crippen molar-refractivity contribution in [1.29, 1.82) is 0 Å². The Morgan fingerprint density at radius 2 is 1.86 bits per heavy atom. The van der Waals surface area contributed by atoms with Gasteiger partial charge in [0.25, 0.3) is 0 Å². The summed E-state index contributed by atoms with van der Waals surface area (Å²) in [7, 11) is 4.05. The van der Waals surface area contributed by atoms with Gasteiger partial charge in [-0.2, -0.15) is 4.98 Å². The molecule has 29 heavy (non-hydrogen) atoms. The lowest BCUT2D eigenvalue weighted by atomic mass is 9.86. The van der Waals surface area contributed by atoms with E-state index in [2.05, 4.69) is 43.6 Å². The second-order valence-electron chi connectivity index (χ2n) is 7.98. The maximum Gasteiger partial charge on any atom is 0.225 e. The number of halogens is 1. The molecule has 7 heteroatoms. The average molecular weight is 458 g/mol. The number of fused-ring (bicyclic) bond motifs is 1. The molecule has 1 aliphatic rings. The van der Waals surface area contributed by atoms with Gasteiger partial charge in [0.2, 0.25) is 5.95 Å². The summed E-state index contributed by atoms with van der Waals surface area (Å²) in [6.07, 6.45) is 4.71. The first-order valence-corrected chi connectivity index (χ1v) is 11.0. The van der Waals surface area contributed by atoms with Crippen molar-refractivity contribution >= 4 is 38.6 Å². The van der Waals surface area contributed by atoms with E-state index < -0.39 is 0 Å². The molecule has 0 saturated heterocycles. The van der Waals surface area contributed by atoms with Crippen LogP contribution in [-0.4, -0.2) is 36.6 Å². The van der Waals surface area contributed by atoms with E-state index in [4.69, 9.17) is 14.4 Å². The molecule has 0 bridgehead atoms. The van der Waals surface area contributed by atoms with Crippen molar-refractivity contribution in [1.82, 2.24) is 15.3 Å². The van der Waals surface area contributed by atoms with Crippen LogP contribution in [0.1, 0.15) is 31.4 Å². The first-order chi connectivity index (χ1) is 14.1. The lowest BCUT2D eigenvalue weighted by Crippen LogP contribution is -2.31. The highest BCUT2D eigenvalue weighted by molar-refractivity contribution is 9.10. The maximum atomic E-state index is 5.54. The number of hydrogen-bond acceptors (Lipinski definition) is 6. The van der Waals surface area contributed by atoms with Gasteiger partial charge in [-0.25, -0.2) is 4.98 Å². The number of anilines is 2. The van der Waals surface area contributed by atoms with E-state index in [1.54, 1.807) is 0 Å². The smallest absolute Gasteiger partial charge is 0.225 e. The van der Waals surface area contributed by atoms with Crippen molar-refractivity contribution in [2.75, 3.05) is 30.9 Å². The highest BCUT2D eigenvalue weighted by atomic mass is 79.9. The van der Waals surface area contributed by atoms with E-state index in [-0.39, 0.29) is 0 Å². The Balaban J connectivity index is 1.30. The Morgan fingerprint density at radius 3 is 2.59 bits per heavy atom. The molecular weight excluding hydrogens is 430 g/mol. The fourth-order valence-electron chi connectivity index (χ4n) is 4.01. The molecule has 4 rings (SSSR count). The van der Waals surface area contributed by atoms with Crippen LogP contribution < -0.4 is 15.5 Å². The largest absolute Gasteiger partial charge is 0.453 e. The molecule has 3 aromatic rings. The van der Waals surface area contributed by atoms with Gasteiger partial charge >= 0.3 is 0 Å². The third-order valence-electron chi connectivity index (χ3n) is 5.55. The monoisotopic (exact) mass is 457 g/mol. The highest BCUT2D eigenvalue weighted by Gasteiger charge is 2.22. The van der Waals surface area contributed by atoms with Gasteiger partial charge in [0.05, 0.1) is 12.1 Å². The zero-order valence-corrected chi connectivity index (χ0v) is 18.6. The zero-order valence-electron chi connectivity index (χ0n) is 17.0. The predicted molar refractivity (Wildman–Crippen MR) is 121 cm³/mol. The molecule has 0 unspecified atom stereocenters. The molecule has 0 atom stereocenters. The molecule has 2 N–H and O–H groups in total. The van der Waals surface area contributed by atoms with Gasteiger partial charge in [-0.05, 0) is 78.3 Å². The normalized spacial score (nSPS) is 19.4. The lowest BCUT2D eigenvalue weighted by molar-refractivity contribution is 0.319. The van der Waals surface area contributed by atoms with E-state index in [0.29, 0.717) is 12.0 Å². The van der Waals surface area contributed by atoms with Crippen LogP contribution in [0.5, 0.6) is 0 Å². The van der Waals surface area contributed by atoms with Crippen LogP contribution >= 0.6 is 15.9 Å². The topological polar surface area (TPSA) is 66.2 Å². The van der Waals surface area contributed by atoms with Gasteiger partial charge in [-0.15, -0.1) is 0 Å². The summed E-state index contributed by atoms with van der Waals surface area (Å²) >= 11 is 3.35. The summed E-state index contributed by atoms with van der Waals surface area (Å²) in [5, 5.41) is 8.19. The van der Waals surface area contributed by atoms with Crippen LogP contribution in [0, 0.1) is 5.92 Å². The Bertz CT molecular complexity index is 949. The lowest BCUT2D eigenvalue weighted by Gasteiger charge is -2.29. The molecule has 1 saturated carbocycles. The van der Waals surface area contributed by atoms with Gasteiger partial charge in [0.15, 0.2) is 4.67 Å². The van der Waals surface area contributed by atoms with Crippen molar-refractivity contribution in [3.8, 4) is 0 Å². The van der Waals surface area contributed by atoms with E-state index in [0.717, 1.165) is 59.0 Å². The van der Waals surface area contributed by atoms with Crippen molar-refractivity contribution < 1.29 is 4.42 Å². The molecule has 1 fully saturated rings. The highest BCUT2D eigenvalue weighted by Crippen LogP contribution is 2.28. The van der Waals surface area contributed by atoms with Crippen molar-refractivity contribution in [2.45, 2.75) is 38.3 Å². The van der Waals surface area contributed by atoms with Gasteiger partial charge in [0, 0.05) is 25.5 Å². The molecule has 1 aromatic carbocycles. The summed E-state index contributed by atoms with van der Waals surface area (Å²) in [5.41, 5.74) is 0.983. The second kappa shape index (κ2) is 9.13. The Hall–Kier alpha value is -2.12. The fourth-order valence-corrected chi connectivity index (χ4v) is 4.35. The van der Waals surface area contributed by atoms with Gasteiger partial charge in [-0.1, -0.05) is 12.1 Å². The number of nitrogens with zero attached hydrogens (tertiary/aromatic N) is 3. The third-order valence-corrected chi connectivity index (χ3v) is 5.97. The Morgan fingerprint density at radius 1 is 1.07 bits per heavy atom. The predicted octanol–water partition coefficient (Wildman–Crippen LogP) is 4.81. The first-order valence-electron chi connectivity index (χ1n) is 10.2. The Kier molecular flexibility index (Phi) is 6.35. The summed E-state index contributed by atoms with van der Waals surface area (Å²) in [6, 6.07) is 12.6. The number of para-hydroxylation sites is 1. The van der Waals surface area contributed by atoms with Crippen molar-refractivity contribution in [2.24, 2.45) is 5.92 Å². The molecular formula is C22H28BrN5O. The molecule has 2 heterocycles. The Labute approximate surface area is 180 Å². The summed E-state index contributed by atoms with van der Waals surface area (Å²) < 4.78 is 6.33. The number of hydrogen-bond donors (Lipinski definition) is 2. The first kappa shape index (κ1) is 20.2. The number of rotatable bonds is 7. The van der Waals surface area contributed by atoms with Crippen LogP contribution in [0.15, 0.2) is 45.5 Å². The standard InChI is InChI=1S/C22H28BrN5O/c1-28(2)21-18-5-3-4-6-19(18)26-22(27-21)25-16-9-7-15(8-10-16)13-24-14-17-11-12-20(23)29-17/h3-6,11-12,15-16,24H,7-10,13-14H2,1-2H3,(H,25,26,27)/t15-,16+. The fraction of sp³-hybridized carbons (Fsp3) is 0.455. The summed E-state index contributed by atoms with van der Waals surface area (Å²) in [6.45, 7) is 1.81. The van der Waals surface area contributed by atoms with E-state index in [1.807, 2.05) is 38.4 Å². The second-order valence-corrected chi connectivity index (χ2v) is 8.76. The molecule has 0 radical (unpaired) electrons. The number of furan rings is 1. The summed E-state index contributed by atoms with van der Waals surface area (Å²) in [5.74, 6) is 3.37. The average Bonchev–Trinajstić information content (AvgIpc) is 3.13. The molecule has 154 valence electrons. The molecule has 0 aliphatic heterocycles. The van der Waals surface area contributed by atoms with Gasteiger partial charge in [0.1, 0.15) is 11.6 Å². The van der Waals surface area contributed by atoms with Crippen molar-refractivity contribution in [3.63, 3.8) is 0 Å². The van der Waals surface area contributed by atoms with Gasteiger partial charge < -0.3 is 20.0 Å².